The predicted molar refractivity (Wildman–Crippen MR) is 76.2 cm³/mol. The van der Waals surface area contributed by atoms with Crippen LogP contribution in [0.1, 0.15) is 59.3 Å². The van der Waals surface area contributed by atoms with Crippen molar-refractivity contribution in [1.82, 2.24) is 0 Å². The average Bonchev–Trinajstić information content (AvgIpc) is 2.70. The topological polar surface area (TPSA) is 44.8 Å². The lowest BCUT2D eigenvalue weighted by Crippen LogP contribution is -2.45. The summed E-state index contributed by atoms with van der Waals surface area (Å²) in [6.45, 7) is 6.42. The van der Waals surface area contributed by atoms with Gasteiger partial charge in [0.2, 0.25) is 0 Å². The summed E-state index contributed by atoms with van der Waals surface area (Å²) in [5, 5.41) is 0. The van der Waals surface area contributed by atoms with Gasteiger partial charge in [-0.15, -0.1) is 0 Å². The molecule has 116 valence electrons. The fraction of sp³-hybridized carbons (Fsp3) is 0.938. The molecule has 0 aromatic carbocycles. The molecule has 2 rings (SSSR count). The summed E-state index contributed by atoms with van der Waals surface area (Å²) in [5.74, 6) is 0.471. The number of hydrogen-bond acceptors (Lipinski definition) is 4. The molecule has 2 aliphatic rings. The third-order valence-corrected chi connectivity index (χ3v) is 5.12. The first-order chi connectivity index (χ1) is 9.48. The summed E-state index contributed by atoms with van der Waals surface area (Å²) < 4.78 is 17.1. The monoisotopic (exact) mass is 284 g/mol. The van der Waals surface area contributed by atoms with Gasteiger partial charge in [0, 0.05) is 18.8 Å². The summed E-state index contributed by atoms with van der Waals surface area (Å²) in [6, 6.07) is 0. The molecule has 1 spiro atoms. The Balaban J connectivity index is 1.90. The lowest BCUT2D eigenvalue weighted by Gasteiger charge is -2.43. The Bertz CT molecular complexity index is 331. The van der Waals surface area contributed by atoms with Crippen LogP contribution in [-0.2, 0) is 19.0 Å². The van der Waals surface area contributed by atoms with Crippen LogP contribution in [0.5, 0.6) is 0 Å². The van der Waals surface area contributed by atoms with Crippen LogP contribution in [0.4, 0.5) is 0 Å². The highest BCUT2D eigenvalue weighted by molar-refractivity contribution is 5.68. The number of carbonyl (C=O) groups is 1. The van der Waals surface area contributed by atoms with E-state index in [-0.39, 0.29) is 24.0 Å². The highest BCUT2D eigenvalue weighted by Gasteiger charge is 2.51. The Morgan fingerprint density at radius 1 is 1.25 bits per heavy atom. The molecular formula is C16H28O4. The number of esters is 1. The van der Waals surface area contributed by atoms with Crippen molar-refractivity contribution in [3.8, 4) is 0 Å². The number of methoxy groups -OCH3 is 1. The van der Waals surface area contributed by atoms with Crippen molar-refractivity contribution in [1.29, 1.82) is 0 Å². The summed E-state index contributed by atoms with van der Waals surface area (Å²) in [5.41, 5.74) is 0. The molecule has 0 amide bonds. The molecule has 4 atom stereocenters. The molecule has 1 saturated heterocycles. The minimum absolute atomic E-state index is 0.112. The molecule has 4 unspecified atom stereocenters. The van der Waals surface area contributed by atoms with Crippen LogP contribution in [0, 0.1) is 11.8 Å². The van der Waals surface area contributed by atoms with Crippen molar-refractivity contribution in [3.05, 3.63) is 0 Å². The molecule has 0 aromatic heterocycles. The van der Waals surface area contributed by atoms with Gasteiger partial charge in [0.05, 0.1) is 19.3 Å². The van der Waals surface area contributed by atoms with Crippen LogP contribution in [-0.4, -0.2) is 31.1 Å². The number of ether oxygens (including phenoxy) is 3. The Labute approximate surface area is 122 Å². The molecule has 2 fully saturated rings. The number of hydrogen-bond donors (Lipinski definition) is 0. The van der Waals surface area contributed by atoms with E-state index < -0.39 is 0 Å². The Morgan fingerprint density at radius 3 is 2.50 bits per heavy atom. The van der Waals surface area contributed by atoms with E-state index >= 15 is 0 Å². The third kappa shape index (κ3) is 3.17. The van der Waals surface area contributed by atoms with Gasteiger partial charge in [0.25, 0.3) is 0 Å². The van der Waals surface area contributed by atoms with E-state index in [1.807, 2.05) is 0 Å². The molecular weight excluding hydrogens is 256 g/mol. The molecule has 1 aliphatic carbocycles. The lowest BCUT2D eigenvalue weighted by molar-refractivity contribution is -0.234. The highest BCUT2D eigenvalue weighted by atomic mass is 16.8. The SMILES string of the molecule is COC(=O)CCCC1CCCC2(OC(C)C(C)O2)C1C. The largest absolute Gasteiger partial charge is 0.469 e. The van der Waals surface area contributed by atoms with Crippen LogP contribution in [0.2, 0.25) is 0 Å². The zero-order valence-electron chi connectivity index (χ0n) is 13.2. The van der Waals surface area contributed by atoms with Crippen LogP contribution in [0.3, 0.4) is 0 Å². The molecule has 20 heavy (non-hydrogen) atoms. The van der Waals surface area contributed by atoms with Crippen LogP contribution in [0.15, 0.2) is 0 Å². The van der Waals surface area contributed by atoms with Gasteiger partial charge >= 0.3 is 5.97 Å². The van der Waals surface area contributed by atoms with Gasteiger partial charge in [-0.05, 0) is 45.4 Å². The van der Waals surface area contributed by atoms with Crippen LogP contribution >= 0.6 is 0 Å². The van der Waals surface area contributed by atoms with Crippen molar-refractivity contribution in [2.24, 2.45) is 11.8 Å². The quantitative estimate of drug-likeness (QED) is 0.743. The maximum atomic E-state index is 11.2. The molecule has 0 aromatic rings. The van der Waals surface area contributed by atoms with Crippen molar-refractivity contribution < 1.29 is 19.0 Å². The first kappa shape index (κ1) is 15.8. The summed E-state index contributed by atoms with van der Waals surface area (Å²) in [7, 11) is 1.45. The van der Waals surface area contributed by atoms with Gasteiger partial charge in [0.15, 0.2) is 5.79 Å². The molecule has 1 saturated carbocycles. The molecule has 0 radical (unpaired) electrons. The van der Waals surface area contributed by atoms with E-state index in [4.69, 9.17) is 14.2 Å². The summed E-state index contributed by atoms with van der Waals surface area (Å²) in [4.78, 5) is 11.2. The third-order valence-electron chi connectivity index (χ3n) is 5.12. The van der Waals surface area contributed by atoms with Crippen molar-refractivity contribution in [2.45, 2.75) is 77.3 Å². The molecule has 0 N–H and O–H groups in total. The zero-order valence-corrected chi connectivity index (χ0v) is 13.2. The second kappa shape index (κ2) is 6.44. The minimum atomic E-state index is -0.382. The van der Waals surface area contributed by atoms with Gasteiger partial charge in [-0.1, -0.05) is 6.92 Å². The van der Waals surface area contributed by atoms with Crippen molar-refractivity contribution in [2.75, 3.05) is 7.11 Å². The highest BCUT2D eigenvalue weighted by Crippen LogP contribution is 2.47. The molecule has 1 aliphatic heterocycles. The standard InChI is InChI=1S/C16H28O4/c1-11-14(7-5-9-15(17)18-4)8-6-10-16(11)19-12(2)13(3)20-16/h11-14H,5-10H2,1-4H3. The molecule has 4 nitrogen and oxygen atoms in total. The first-order valence-corrected chi connectivity index (χ1v) is 7.91. The van der Waals surface area contributed by atoms with Crippen LogP contribution in [0.25, 0.3) is 0 Å². The molecule has 0 bridgehead atoms. The summed E-state index contributed by atoms with van der Waals surface area (Å²) in [6.07, 6.45) is 6.15. The Kier molecular flexibility index (Phi) is 5.08. The van der Waals surface area contributed by atoms with Gasteiger partial charge in [0.1, 0.15) is 0 Å². The van der Waals surface area contributed by atoms with E-state index in [2.05, 4.69) is 20.8 Å². The maximum Gasteiger partial charge on any atom is 0.305 e. The normalized spacial score (nSPS) is 41.0. The second-order valence-electron chi connectivity index (χ2n) is 6.37. The first-order valence-electron chi connectivity index (χ1n) is 7.91. The van der Waals surface area contributed by atoms with Crippen molar-refractivity contribution >= 4 is 5.97 Å². The minimum Gasteiger partial charge on any atom is -0.469 e. The van der Waals surface area contributed by atoms with E-state index in [9.17, 15) is 4.79 Å². The fourth-order valence-corrected chi connectivity index (χ4v) is 3.63. The summed E-state index contributed by atoms with van der Waals surface area (Å²) >= 11 is 0. The Morgan fingerprint density at radius 2 is 1.90 bits per heavy atom. The van der Waals surface area contributed by atoms with E-state index in [0.717, 1.165) is 25.7 Å². The predicted octanol–water partition coefficient (Wildman–Crippen LogP) is 3.29. The van der Waals surface area contributed by atoms with Crippen molar-refractivity contribution in [3.63, 3.8) is 0 Å². The molecule has 1 heterocycles. The lowest BCUT2D eigenvalue weighted by atomic mass is 9.73. The van der Waals surface area contributed by atoms with E-state index in [1.54, 1.807) is 0 Å². The van der Waals surface area contributed by atoms with Gasteiger partial charge < -0.3 is 14.2 Å². The fourth-order valence-electron chi connectivity index (χ4n) is 3.63. The smallest absolute Gasteiger partial charge is 0.305 e. The van der Waals surface area contributed by atoms with Gasteiger partial charge in [-0.2, -0.15) is 0 Å². The molecule has 4 heteroatoms. The number of carbonyl (C=O) groups excluding carboxylic acids is 1. The van der Waals surface area contributed by atoms with E-state index in [0.29, 0.717) is 18.3 Å². The Hall–Kier alpha value is -0.610. The van der Waals surface area contributed by atoms with Gasteiger partial charge in [-0.3, -0.25) is 4.79 Å². The van der Waals surface area contributed by atoms with Crippen LogP contribution < -0.4 is 0 Å². The number of rotatable bonds is 4. The van der Waals surface area contributed by atoms with E-state index in [1.165, 1.54) is 13.5 Å². The van der Waals surface area contributed by atoms with Gasteiger partial charge in [-0.25, -0.2) is 0 Å². The zero-order chi connectivity index (χ0) is 14.8. The maximum absolute atomic E-state index is 11.2. The average molecular weight is 284 g/mol. The second-order valence-corrected chi connectivity index (χ2v) is 6.37.